The van der Waals surface area contributed by atoms with Gasteiger partial charge in [0.25, 0.3) is 5.91 Å². The minimum Gasteiger partial charge on any atom is -0.378 e. The Morgan fingerprint density at radius 2 is 2.11 bits per heavy atom. The number of rotatable bonds is 4. The monoisotopic (exact) mass is 398 g/mol. The predicted molar refractivity (Wildman–Crippen MR) is 106 cm³/mol. The fourth-order valence-corrected chi connectivity index (χ4v) is 3.68. The molecule has 1 aliphatic rings. The third-order valence-corrected chi connectivity index (χ3v) is 5.36. The van der Waals surface area contributed by atoms with Crippen molar-refractivity contribution in [1.29, 1.82) is 0 Å². The number of aromatic amines is 1. The fourth-order valence-electron chi connectivity index (χ4n) is 3.44. The number of likely N-dealkylation sites (tertiary alicyclic amines) is 1. The van der Waals surface area contributed by atoms with Crippen LogP contribution in [-0.4, -0.2) is 45.1 Å². The van der Waals surface area contributed by atoms with Crippen LogP contribution in [0.4, 0.5) is 5.69 Å². The van der Waals surface area contributed by atoms with Gasteiger partial charge in [0.2, 0.25) is 5.91 Å². The molecule has 2 heterocycles. The predicted octanol–water partition coefficient (Wildman–Crippen LogP) is 2.74. The van der Waals surface area contributed by atoms with Gasteiger partial charge in [-0.1, -0.05) is 29.8 Å². The molecule has 4 rings (SSSR count). The summed E-state index contributed by atoms with van der Waals surface area (Å²) in [7, 11) is 0. The zero-order valence-electron chi connectivity index (χ0n) is 14.9. The third kappa shape index (κ3) is 3.58. The first-order valence-electron chi connectivity index (χ1n) is 8.98. The lowest BCUT2D eigenvalue weighted by Crippen LogP contribution is -2.35. The normalized spacial score (nSPS) is 17.6. The van der Waals surface area contributed by atoms with Crippen molar-refractivity contribution in [1.82, 2.24) is 15.1 Å². The molecule has 1 unspecified atom stereocenters. The minimum atomic E-state index is -1.33. The van der Waals surface area contributed by atoms with E-state index >= 15 is 0 Å². The van der Waals surface area contributed by atoms with Crippen molar-refractivity contribution in [2.75, 3.05) is 18.4 Å². The van der Waals surface area contributed by atoms with Gasteiger partial charge < -0.3 is 15.3 Å². The molecule has 8 heteroatoms. The molecule has 7 nitrogen and oxygen atoms in total. The van der Waals surface area contributed by atoms with Crippen LogP contribution < -0.4 is 5.32 Å². The van der Waals surface area contributed by atoms with E-state index in [2.05, 4.69) is 15.5 Å². The van der Waals surface area contributed by atoms with Gasteiger partial charge in [0.05, 0.1) is 17.6 Å². The number of benzene rings is 2. The highest BCUT2D eigenvalue weighted by Gasteiger charge is 2.34. The molecule has 0 spiro atoms. The number of aliphatic hydroxyl groups excluding tert-OH is 1. The summed E-state index contributed by atoms with van der Waals surface area (Å²) in [6.45, 7) is 0.680. The molecule has 2 amide bonds. The number of nitrogens with zero attached hydrogens (tertiary/aromatic N) is 2. The second-order valence-electron chi connectivity index (χ2n) is 6.86. The first-order chi connectivity index (χ1) is 13.5. The lowest BCUT2D eigenvalue weighted by molar-refractivity contribution is -0.139. The topological polar surface area (TPSA) is 98.3 Å². The molecule has 0 bridgehead atoms. The summed E-state index contributed by atoms with van der Waals surface area (Å²) >= 11 is 6.07. The molecule has 1 fully saturated rings. The number of nitrogens with one attached hydrogen (secondary N) is 2. The first kappa shape index (κ1) is 18.5. The quantitative estimate of drug-likeness (QED) is 0.629. The SMILES string of the molecule is O=C(Nc1ccc2[nH]ncc2c1)C1CCN(C(=O)[C@@H](O)c2ccccc2Cl)C1. The van der Waals surface area contributed by atoms with Gasteiger partial charge in [0, 0.05) is 34.7 Å². The van der Waals surface area contributed by atoms with E-state index in [1.807, 2.05) is 12.1 Å². The Labute approximate surface area is 166 Å². The maximum absolute atomic E-state index is 12.6. The van der Waals surface area contributed by atoms with Crippen LogP contribution in [-0.2, 0) is 9.59 Å². The van der Waals surface area contributed by atoms with E-state index in [4.69, 9.17) is 11.6 Å². The minimum absolute atomic E-state index is 0.148. The van der Waals surface area contributed by atoms with Crippen LogP contribution >= 0.6 is 11.6 Å². The molecule has 2 atom stereocenters. The molecule has 2 aromatic carbocycles. The zero-order chi connectivity index (χ0) is 19.7. The largest absolute Gasteiger partial charge is 0.378 e. The molecule has 1 aromatic heterocycles. The van der Waals surface area contributed by atoms with Crippen LogP contribution in [0.2, 0.25) is 5.02 Å². The van der Waals surface area contributed by atoms with Gasteiger partial charge in [0.15, 0.2) is 6.10 Å². The van der Waals surface area contributed by atoms with Crippen LogP contribution in [0.15, 0.2) is 48.7 Å². The third-order valence-electron chi connectivity index (χ3n) is 5.01. The van der Waals surface area contributed by atoms with Crippen molar-refractivity contribution in [3.63, 3.8) is 0 Å². The fraction of sp³-hybridized carbons (Fsp3) is 0.250. The molecule has 0 radical (unpaired) electrons. The maximum Gasteiger partial charge on any atom is 0.256 e. The Kier molecular flexibility index (Phi) is 5.02. The van der Waals surface area contributed by atoms with Crippen LogP contribution in [0.1, 0.15) is 18.1 Å². The number of aromatic nitrogens is 2. The second kappa shape index (κ2) is 7.61. The number of carbonyl (C=O) groups is 2. The molecule has 144 valence electrons. The Morgan fingerprint density at radius 3 is 2.93 bits per heavy atom. The lowest BCUT2D eigenvalue weighted by atomic mass is 10.1. The Bertz CT molecular complexity index is 1030. The highest BCUT2D eigenvalue weighted by Crippen LogP contribution is 2.27. The zero-order valence-corrected chi connectivity index (χ0v) is 15.7. The van der Waals surface area contributed by atoms with E-state index < -0.39 is 12.0 Å². The summed E-state index contributed by atoms with van der Waals surface area (Å²) in [5, 5.41) is 21.3. The molecule has 0 saturated carbocycles. The number of fused-ring (bicyclic) bond motifs is 1. The lowest BCUT2D eigenvalue weighted by Gasteiger charge is -2.21. The molecular formula is C20H19ClN4O3. The molecular weight excluding hydrogens is 380 g/mol. The van der Waals surface area contributed by atoms with E-state index in [0.29, 0.717) is 29.2 Å². The van der Waals surface area contributed by atoms with Gasteiger partial charge in [-0.05, 0) is 30.7 Å². The van der Waals surface area contributed by atoms with E-state index in [0.717, 1.165) is 10.9 Å². The van der Waals surface area contributed by atoms with Gasteiger partial charge in [-0.25, -0.2) is 0 Å². The van der Waals surface area contributed by atoms with Gasteiger partial charge >= 0.3 is 0 Å². The summed E-state index contributed by atoms with van der Waals surface area (Å²) in [5.74, 6) is -0.920. The van der Waals surface area contributed by atoms with Crippen molar-refractivity contribution >= 4 is 40.0 Å². The van der Waals surface area contributed by atoms with E-state index in [9.17, 15) is 14.7 Å². The molecule has 28 heavy (non-hydrogen) atoms. The van der Waals surface area contributed by atoms with Crippen molar-refractivity contribution in [3.8, 4) is 0 Å². The van der Waals surface area contributed by atoms with Crippen molar-refractivity contribution in [2.45, 2.75) is 12.5 Å². The molecule has 1 saturated heterocycles. The van der Waals surface area contributed by atoms with Crippen LogP contribution in [0.25, 0.3) is 10.9 Å². The number of hydrogen-bond acceptors (Lipinski definition) is 4. The van der Waals surface area contributed by atoms with Gasteiger partial charge in [-0.3, -0.25) is 14.7 Å². The number of H-pyrrole nitrogens is 1. The summed E-state index contributed by atoms with van der Waals surface area (Å²) < 4.78 is 0. The van der Waals surface area contributed by atoms with E-state index in [1.165, 1.54) is 4.90 Å². The smallest absolute Gasteiger partial charge is 0.256 e. The van der Waals surface area contributed by atoms with Crippen molar-refractivity contribution < 1.29 is 14.7 Å². The summed E-state index contributed by atoms with van der Waals surface area (Å²) in [6.07, 6.45) is 0.900. The summed E-state index contributed by atoms with van der Waals surface area (Å²) in [5.41, 5.74) is 1.94. The van der Waals surface area contributed by atoms with E-state index in [-0.39, 0.29) is 18.4 Å². The van der Waals surface area contributed by atoms with Crippen molar-refractivity contribution in [2.24, 2.45) is 5.92 Å². The highest BCUT2D eigenvalue weighted by molar-refractivity contribution is 6.31. The molecule has 1 aliphatic heterocycles. The van der Waals surface area contributed by atoms with Crippen LogP contribution in [0, 0.1) is 5.92 Å². The van der Waals surface area contributed by atoms with Crippen LogP contribution in [0.5, 0.6) is 0 Å². The molecule has 3 N–H and O–H groups in total. The Hall–Kier alpha value is -2.90. The summed E-state index contributed by atoms with van der Waals surface area (Å²) in [6, 6.07) is 12.2. The Balaban J connectivity index is 1.39. The highest BCUT2D eigenvalue weighted by atomic mass is 35.5. The standard InChI is InChI=1S/C20H19ClN4O3/c21-16-4-2-1-3-15(16)18(26)20(28)25-8-7-12(11-25)19(27)23-14-5-6-17-13(9-14)10-22-24-17/h1-6,9-10,12,18,26H,7-8,11H2,(H,22,24)(H,23,27)/t12?,18-/m0/s1. The first-order valence-corrected chi connectivity index (χ1v) is 9.36. The average Bonchev–Trinajstić information content (AvgIpc) is 3.36. The average molecular weight is 399 g/mol. The molecule has 0 aliphatic carbocycles. The second-order valence-corrected chi connectivity index (χ2v) is 7.26. The number of carbonyl (C=O) groups excluding carboxylic acids is 2. The molecule has 3 aromatic rings. The maximum atomic E-state index is 12.6. The van der Waals surface area contributed by atoms with Gasteiger partial charge in [0.1, 0.15) is 0 Å². The Morgan fingerprint density at radius 1 is 1.29 bits per heavy atom. The van der Waals surface area contributed by atoms with Gasteiger partial charge in [-0.2, -0.15) is 5.10 Å². The van der Waals surface area contributed by atoms with E-state index in [1.54, 1.807) is 36.5 Å². The van der Waals surface area contributed by atoms with Crippen LogP contribution in [0.3, 0.4) is 0 Å². The number of hydrogen-bond donors (Lipinski definition) is 3. The number of halogens is 1. The van der Waals surface area contributed by atoms with Gasteiger partial charge in [-0.15, -0.1) is 0 Å². The number of aliphatic hydroxyl groups is 1. The number of anilines is 1. The summed E-state index contributed by atoms with van der Waals surface area (Å²) in [4.78, 5) is 26.7. The van der Waals surface area contributed by atoms with Crippen molar-refractivity contribution in [3.05, 3.63) is 59.2 Å². The number of amides is 2.